The van der Waals surface area contributed by atoms with E-state index in [0.717, 1.165) is 38.5 Å². The first kappa shape index (κ1) is 19.9. The number of carbonyl (C=O) groups excluding carboxylic acids is 1. The number of esters is 1. The molecule has 2 aliphatic rings. The van der Waals surface area contributed by atoms with Gasteiger partial charge in [0.1, 0.15) is 6.10 Å². The molecule has 1 aliphatic carbocycles. The summed E-state index contributed by atoms with van der Waals surface area (Å²) in [4.78, 5) is 12.2. The van der Waals surface area contributed by atoms with E-state index in [1.807, 2.05) is 13.8 Å². The van der Waals surface area contributed by atoms with Crippen molar-refractivity contribution >= 4 is 5.97 Å². The summed E-state index contributed by atoms with van der Waals surface area (Å²) in [5.74, 6) is 12.8. The van der Waals surface area contributed by atoms with Crippen LogP contribution in [0.25, 0.3) is 0 Å². The van der Waals surface area contributed by atoms with Crippen LogP contribution in [-0.2, 0) is 14.3 Å². The molecule has 2 fully saturated rings. The minimum Gasteiger partial charge on any atom is -0.462 e. The summed E-state index contributed by atoms with van der Waals surface area (Å²) >= 11 is 0. The van der Waals surface area contributed by atoms with Gasteiger partial charge in [0.15, 0.2) is 0 Å². The molecule has 1 saturated heterocycles. The second-order valence-electron chi connectivity index (χ2n) is 7.09. The maximum absolute atomic E-state index is 12.2. The summed E-state index contributed by atoms with van der Waals surface area (Å²) < 4.78 is 11.4. The third kappa shape index (κ3) is 6.09. The summed E-state index contributed by atoms with van der Waals surface area (Å²) in [7, 11) is 0. The zero-order valence-electron chi connectivity index (χ0n) is 16.0. The first-order valence-electron chi connectivity index (χ1n) is 9.88. The first-order valence-corrected chi connectivity index (χ1v) is 9.88. The fraction of sp³-hybridized carbons (Fsp3) is 0.773. The molecule has 0 radical (unpaired) electrons. The van der Waals surface area contributed by atoms with Crippen molar-refractivity contribution in [2.24, 2.45) is 11.8 Å². The van der Waals surface area contributed by atoms with E-state index in [-0.39, 0.29) is 24.1 Å². The van der Waals surface area contributed by atoms with E-state index in [9.17, 15) is 4.79 Å². The Balaban J connectivity index is 1.64. The van der Waals surface area contributed by atoms with Gasteiger partial charge in [-0.25, -0.2) is 0 Å². The van der Waals surface area contributed by atoms with Gasteiger partial charge >= 0.3 is 5.97 Å². The van der Waals surface area contributed by atoms with Crippen molar-refractivity contribution in [3.63, 3.8) is 0 Å². The molecule has 0 aromatic carbocycles. The van der Waals surface area contributed by atoms with Crippen LogP contribution in [-0.4, -0.2) is 24.3 Å². The van der Waals surface area contributed by atoms with Crippen LogP contribution >= 0.6 is 0 Å². The smallest absolute Gasteiger partial charge is 0.306 e. The Morgan fingerprint density at radius 2 is 1.92 bits per heavy atom. The van der Waals surface area contributed by atoms with E-state index in [1.165, 1.54) is 12.8 Å². The van der Waals surface area contributed by atoms with E-state index < -0.39 is 0 Å². The van der Waals surface area contributed by atoms with Gasteiger partial charge in [0.05, 0.1) is 18.1 Å². The molecular weight excluding hydrogens is 312 g/mol. The summed E-state index contributed by atoms with van der Waals surface area (Å²) in [5, 5.41) is 0. The molecule has 3 nitrogen and oxygen atoms in total. The van der Waals surface area contributed by atoms with E-state index in [0.29, 0.717) is 18.4 Å². The number of carbonyl (C=O) groups is 1. The molecular formula is C22H32O3. The molecule has 0 spiro atoms. The van der Waals surface area contributed by atoms with Crippen LogP contribution in [0, 0.1) is 35.5 Å². The normalized spacial score (nSPS) is 27.3. The van der Waals surface area contributed by atoms with Gasteiger partial charge in [-0.3, -0.25) is 4.79 Å². The highest BCUT2D eigenvalue weighted by Crippen LogP contribution is 2.48. The minimum absolute atomic E-state index is 0.0117. The highest BCUT2D eigenvalue weighted by Gasteiger charge is 2.57. The van der Waals surface area contributed by atoms with Crippen molar-refractivity contribution in [1.29, 1.82) is 0 Å². The lowest BCUT2D eigenvalue weighted by Gasteiger charge is -2.26. The monoisotopic (exact) mass is 344 g/mol. The molecule has 3 heteroatoms. The molecule has 0 aromatic heterocycles. The average Bonchev–Trinajstić information content (AvgIpc) is 3.30. The predicted octanol–water partition coefficient (Wildman–Crippen LogP) is 4.49. The summed E-state index contributed by atoms with van der Waals surface area (Å²) in [6.07, 6.45) is 9.53. The van der Waals surface area contributed by atoms with Crippen molar-refractivity contribution < 1.29 is 14.3 Å². The van der Waals surface area contributed by atoms with E-state index in [2.05, 4.69) is 30.6 Å². The Morgan fingerprint density at radius 3 is 2.64 bits per heavy atom. The molecule has 1 heterocycles. The van der Waals surface area contributed by atoms with Crippen molar-refractivity contribution in [1.82, 2.24) is 0 Å². The maximum atomic E-state index is 12.2. The zero-order chi connectivity index (χ0) is 18.1. The molecule has 1 unspecified atom stereocenters. The molecule has 2 rings (SSSR count). The molecule has 25 heavy (non-hydrogen) atoms. The van der Waals surface area contributed by atoms with Crippen LogP contribution in [0.15, 0.2) is 0 Å². The summed E-state index contributed by atoms with van der Waals surface area (Å²) in [6.45, 7) is 5.85. The van der Waals surface area contributed by atoms with Crippen LogP contribution in [0.3, 0.4) is 0 Å². The van der Waals surface area contributed by atoms with Crippen molar-refractivity contribution in [3.8, 4) is 23.7 Å². The van der Waals surface area contributed by atoms with Crippen molar-refractivity contribution in [3.05, 3.63) is 0 Å². The van der Waals surface area contributed by atoms with Gasteiger partial charge in [0.25, 0.3) is 0 Å². The van der Waals surface area contributed by atoms with Gasteiger partial charge in [0.2, 0.25) is 0 Å². The Bertz CT molecular complexity index is 545. The Labute approximate surface area is 153 Å². The zero-order valence-corrected chi connectivity index (χ0v) is 16.0. The molecule has 0 bridgehead atoms. The van der Waals surface area contributed by atoms with E-state index in [4.69, 9.17) is 9.47 Å². The summed E-state index contributed by atoms with van der Waals surface area (Å²) in [5.41, 5.74) is 0. The highest BCUT2D eigenvalue weighted by molar-refractivity contribution is 5.69. The lowest BCUT2D eigenvalue weighted by atomic mass is 9.88. The SMILES string of the molecule is CC#CCCCCCCCC(=O)O[C@@H](CC)C1C[C@@H]2O[C@@H]2[C@H]1C#CC. The van der Waals surface area contributed by atoms with Crippen LogP contribution in [0.1, 0.15) is 78.6 Å². The minimum atomic E-state index is -0.0478. The topological polar surface area (TPSA) is 38.8 Å². The first-order chi connectivity index (χ1) is 12.2. The van der Waals surface area contributed by atoms with E-state index >= 15 is 0 Å². The van der Waals surface area contributed by atoms with Crippen molar-refractivity contribution in [2.45, 2.75) is 96.9 Å². The van der Waals surface area contributed by atoms with Gasteiger partial charge in [-0.1, -0.05) is 32.1 Å². The van der Waals surface area contributed by atoms with E-state index in [1.54, 1.807) is 0 Å². The van der Waals surface area contributed by atoms with Gasteiger partial charge in [-0.05, 0) is 39.5 Å². The number of rotatable bonds is 10. The molecule has 0 N–H and O–H groups in total. The quantitative estimate of drug-likeness (QED) is 0.254. The maximum Gasteiger partial charge on any atom is 0.306 e. The molecule has 0 amide bonds. The van der Waals surface area contributed by atoms with Gasteiger partial charge < -0.3 is 9.47 Å². The van der Waals surface area contributed by atoms with Crippen molar-refractivity contribution in [2.75, 3.05) is 0 Å². The highest BCUT2D eigenvalue weighted by atomic mass is 16.6. The van der Waals surface area contributed by atoms with Crippen LogP contribution < -0.4 is 0 Å². The fourth-order valence-corrected chi connectivity index (χ4v) is 3.90. The van der Waals surface area contributed by atoms with Crippen LogP contribution in [0.4, 0.5) is 0 Å². The third-order valence-electron chi connectivity index (χ3n) is 5.27. The Morgan fingerprint density at radius 1 is 1.16 bits per heavy atom. The number of hydrogen-bond acceptors (Lipinski definition) is 3. The number of unbranched alkanes of at least 4 members (excludes halogenated alkanes) is 5. The number of hydrogen-bond donors (Lipinski definition) is 0. The number of epoxide rings is 1. The lowest BCUT2D eigenvalue weighted by Crippen LogP contribution is -2.31. The van der Waals surface area contributed by atoms with Gasteiger partial charge in [0, 0.05) is 18.8 Å². The second-order valence-corrected chi connectivity index (χ2v) is 7.09. The predicted molar refractivity (Wildman–Crippen MR) is 99.6 cm³/mol. The largest absolute Gasteiger partial charge is 0.462 e. The van der Waals surface area contributed by atoms with Gasteiger partial charge in [-0.15, -0.1) is 17.8 Å². The molecule has 5 atom stereocenters. The molecule has 138 valence electrons. The fourth-order valence-electron chi connectivity index (χ4n) is 3.90. The molecule has 0 aromatic rings. The second kappa shape index (κ2) is 10.5. The Kier molecular flexibility index (Phi) is 8.36. The molecule has 1 aliphatic heterocycles. The van der Waals surface area contributed by atoms with Gasteiger partial charge in [-0.2, -0.15) is 0 Å². The lowest BCUT2D eigenvalue weighted by molar-refractivity contribution is -0.153. The standard InChI is InChI=1S/C22H32O3/c1-4-7-8-9-10-11-12-13-15-21(23)24-19(6-3)18-16-20-22(25-20)17(18)14-5-2/h17-20,22H,6,8-13,15-16H2,1-3H3/t17-,18?,19-,20-,22+/m0/s1. The Hall–Kier alpha value is -1.45. The number of ether oxygens (including phenoxy) is 2. The van der Waals surface area contributed by atoms with Crippen LogP contribution in [0.5, 0.6) is 0 Å². The molecule has 1 saturated carbocycles. The van der Waals surface area contributed by atoms with Crippen LogP contribution in [0.2, 0.25) is 0 Å². The summed E-state index contributed by atoms with van der Waals surface area (Å²) in [6, 6.07) is 0. The third-order valence-corrected chi connectivity index (χ3v) is 5.27. The number of fused-ring (bicyclic) bond motifs is 1. The average molecular weight is 344 g/mol.